The van der Waals surface area contributed by atoms with Crippen molar-refractivity contribution in [3.8, 4) is 0 Å². The maximum absolute atomic E-state index is 12.7. The van der Waals surface area contributed by atoms with Crippen LogP contribution < -0.4 is 5.32 Å². The van der Waals surface area contributed by atoms with Crippen LogP contribution in [0, 0.1) is 34.6 Å². The summed E-state index contributed by atoms with van der Waals surface area (Å²) in [6, 6.07) is 0. The third-order valence-electron chi connectivity index (χ3n) is 4.54. The zero-order valence-electron chi connectivity index (χ0n) is 12.9. The lowest BCUT2D eigenvalue weighted by Gasteiger charge is -2.29. The minimum atomic E-state index is -0.0829. The van der Waals surface area contributed by atoms with Gasteiger partial charge in [0.15, 0.2) is 0 Å². The van der Waals surface area contributed by atoms with Gasteiger partial charge in [-0.2, -0.15) is 0 Å². The van der Waals surface area contributed by atoms with E-state index in [-0.39, 0.29) is 18.4 Å². The third-order valence-corrected chi connectivity index (χ3v) is 4.54. The summed E-state index contributed by atoms with van der Waals surface area (Å²) in [5.41, 5.74) is 6.40. The van der Waals surface area contributed by atoms with E-state index >= 15 is 0 Å². The lowest BCUT2D eigenvalue weighted by atomic mass is 9.89. The molecule has 0 bridgehead atoms. The summed E-state index contributed by atoms with van der Waals surface area (Å²) in [5, 5.41) is 2.75. The minimum absolute atomic E-state index is 0.0268. The topological polar surface area (TPSA) is 49.4 Å². The molecule has 0 unspecified atom stereocenters. The summed E-state index contributed by atoms with van der Waals surface area (Å²) in [4.78, 5) is 25.9. The summed E-state index contributed by atoms with van der Waals surface area (Å²) in [7, 11) is 0. The molecule has 1 aliphatic heterocycles. The molecule has 20 heavy (non-hydrogen) atoms. The Hall–Kier alpha value is -1.84. The van der Waals surface area contributed by atoms with Gasteiger partial charge in [-0.15, -0.1) is 0 Å². The number of rotatable bonds is 1. The monoisotopic (exact) mass is 274 g/mol. The van der Waals surface area contributed by atoms with Crippen LogP contribution in [0.3, 0.4) is 0 Å². The molecule has 0 atom stereocenters. The Labute approximate surface area is 120 Å². The first kappa shape index (κ1) is 14.6. The molecule has 1 aliphatic rings. The Kier molecular flexibility index (Phi) is 3.84. The van der Waals surface area contributed by atoms with Crippen molar-refractivity contribution in [1.29, 1.82) is 0 Å². The molecule has 1 aromatic carbocycles. The number of carbonyl (C=O) groups is 2. The number of hydrogen-bond donors (Lipinski definition) is 1. The van der Waals surface area contributed by atoms with Crippen LogP contribution >= 0.6 is 0 Å². The van der Waals surface area contributed by atoms with Crippen LogP contribution in [0.4, 0.5) is 0 Å². The molecule has 1 aromatic rings. The molecule has 0 aromatic heterocycles. The van der Waals surface area contributed by atoms with Gasteiger partial charge in [-0.3, -0.25) is 9.59 Å². The molecule has 1 N–H and O–H groups in total. The highest BCUT2D eigenvalue weighted by molar-refractivity contribution is 6.00. The van der Waals surface area contributed by atoms with Crippen LogP contribution in [-0.2, 0) is 4.79 Å². The molecule has 0 saturated carbocycles. The van der Waals surface area contributed by atoms with Gasteiger partial charge in [-0.25, -0.2) is 0 Å². The molecule has 4 heteroatoms. The van der Waals surface area contributed by atoms with E-state index in [1.54, 1.807) is 4.90 Å². The van der Waals surface area contributed by atoms with Crippen molar-refractivity contribution < 1.29 is 9.59 Å². The highest BCUT2D eigenvalue weighted by Gasteiger charge is 2.26. The highest BCUT2D eigenvalue weighted by atomic mass is 16.2. The van der Waals surface area contributed by atoms with Gasteiger partial charge in [0, 0.05) is 18.7 Å². The maximum Gasteiger partial charge on any atom is 0.254 e. The van der Waals surface area contributed by atoms with E-state index in [2.05, 4.69) is 26.1 Å². The Bertz CT molecular complexity index is 562. The number of nitrogens with zero attached hydrogens (tertiary/aromatic N) is 1. The zero-order chi connectivity index (χ0) is 15.0. The van der Waals surface area contributed by atoms with E-state index in [9.17, 15) is 9.59 Å². The quantitative estimate of drug-likeness (QED) is 0.849. The van der Waals surface area contributed by atoms with Crippen molar-refractivity contribution in [1.82, 2.24) is 10.2 Å². The van der Waals surface area contributed by atoms with Gasteiger partial charge in [-0.1, -0.05) is 0 Å². The van der Waals surface area contributed by atoms with E-state index in [0.29, 0.717) is 13.1 Å². The maximum atomic E-state index is 12.7. The molecule has 4 nitrogen and oxygen atoms in total. The van der Waals surface area contributed by atoms with Crippen LogP contribution in [-0.4, -0.2) is 36.3 Å². The second-order valence-electron chi connectivity index (χ2n) is 5.58. The first-order valence-corrected chi connectivity index (χ1v) is 6.97. The van der Waals surface area contributed by atoms with E-state index in [1.165, 1.54) is 5.56 Å². The summed E-state index contributed by atoms with van der Waals surface area (Å²) in [6.45, 7) is 11.4. The van der Waals surface area contributed by atoms with Gasteiger partial charge in [-0.05, 0) is 62.4 Å². The lowest BCUT2D eigenvalue weighted by Crippen LogP contribution is -2.50. The van der Waals surface area contributed by atoms with Gasteiger partial charge in [0.2, 0.25) is 5.91 Å². The standard InChI is InChI=1S/C16H22N2O2/c1-9-10(2)12(4)15(13(5)11(9)3)16(20)18-7-6-17-14(19)8-18/h6-8H2,1-5H3,(H,17,19). The summed E-state index contributed by atoms with van der Waals surface area (Å²) >= 11 is 0. The SMILES string of the molecule is Cc1c(C)c(C)c(C(=O)N2CCNC(=O)C2)c(C)c1C. The fourth-order valence-corrected chi connectivity index (χ4v) is 2.79. The lowest BCUT2D eigenvalue weighted by molar-refractivity contribution is -0.123. The number of carbonyl (C=O) groups excluding carboxylic acids is 2. The van der Waals surface area contributed by atoms with Gasteiger partial charge >= 0.3 is 0 Å². The van der Waals surface area contributed by atoms with E-state index in [4.69, 9.17) is 0 Å². The van der Waals surface area contributed by atoms with Crippen molar-refractivity contribution in [3.63, 3.8) is 0 Å². The number of hydrogen-bond acceptors (Lipinski definition) is 2. The summed E-state index contributed by atoms with van der Waals surface area (Å²) in [6.07, 6.45) is 0. The van der Waals surface area contributed by atoms with Crippen LogP contribution in [0.5, 0.6) is 0 Å². The number of nitrogens with one attached hydrogen (secondary N) is 1. The van der Waals surface area contributed by atoms with Crippen molar-refractivity contribution in [2.24, 2.45) is 0 Å². The van der Waals surface area contributed by atoms with Crippen molar-refractivity contribution in [2.75, 3.05) is 19.6 Å². The Morgan fingerprint density at radius 3 is 1.95 bits per heavy atom. The number of piperazine rings is 1. The van der Waals surface area contributed by atoms with Crippen molar-refractivity contribution >= 4 is 11.8 Å². The molecule has 0 radical (unpaired) electrons. The van der Waals surface area contributed by atoms with Gasteiger partial charge < -0.3 is 10.2 Å². The Morgan fingerprint density at radius 1 is 0.950 bits per heavy atom. The van der Waals surface area contributed by atoms with E-state index in [1.807, 2.05) is 13.8 Å². The average Bonchev–Trinajstić information content (AvgIpc) is 2.43. The second-order valence-corrected chi connectivity index (χ2v) is 5.58. The van der Waals surface area contributed by atoms with Gasteiger partial charge in [0.25, 0.3) is 5.91 Å². The van der Waals surface area contributed by atoms with Crippen molar-refractivity contribution in [3.05, 3.63) is 33.4 Å². The van der Waals surface area contributed by atoms with Gasteiger partial charge in [0.1, 0.15) is 0 Å². The fraction of sp³-hybridized carbons (Fsp3) is 0.500. The molecule has 0 aliphatic carbocycles. The molecule has 0 spiro atoms. The van der Waals surface area contributed by atoms with Gasteiger partial charge in [0.05, 0.1) is 6.54 Å². The Balaban J connectivity index is 2.47. The van der Waals surface area contributed by atoms with E-state index < -0.39 is 0 Å². The number of amides is 2. The third kappa shape index (κ3) is 2.30. The largest absolute Gasteiger partial charge is 0.353 e. The summed E-state index contributed by atoms with van der Waals surface area (Å²) < 4.78 is 0. The van der Waals surface area contributed by atoms with Crippen molar-refractivity contribution in [2.45, 2.75) is 34.6 Å². The average molecular weight is 274 g/mol. The zero-order valence-corrected chi connectivity index (χ0v) is 12.9. The predicted octanol–water partition coefficient (Wildman–Crippen LogP) is 1.80. The van der Waals surface area contributed by atoms with Crippen LogP contribution in [0.15, 0.2) is 0 Å². The second kappa shape index (κ2) is 5.27. The molecular formula is C16H22N2O2. The first-order valence-electron chi connectivity index (χ1n) is 6.97. The molecule has 1 saturated heterocycles. The minimum Gasteiger partial charge on any atom is -0.353 e. The molecule has 2 amide bonds. The molecule has 108 valence electrons. The molecular weight excluding hydrogens is 252 g/mol. The van der Waals surface area contributed by atoms with E-state index in [0.717, 1.165) is 27.8 Å². The molecule has 1 fully saturated rings. The fourth-order valence-electron chi connectivity index (χ4n) is 2.79. The molecule has 1 heterocycles. The van der Waals surface area contributed by atoms with Crippen LogP contribution in [0.25, 0.3) is 0 Å². The number of benzene rings is 1. The first-order chi connectivity index (χ1) is 9.34. The smallest absolute Gasteiger partial charge is 0.254 e. The molecule has 2 rings (SSSR count). The normalized spacial score (nSPS) is 15.2. The summed E-state index contributed by atoms with van der Waals surface area (Å²) in [5.74, 6) is -0.110. The highest BCUT2D eigenvalue weighted by Crippen LogP contribution is 2.27. The Morgan fingerprint density at radius 2 is 1.45 bits per heavy atom. The van der Waals surface area contributed by atoms with Crippen LogP contribution in [0.1, 0.15) is 38.2 Å². The predicted molar refractivity (Wildman–Crippen MR) is 79.0 cm³/mol. The van der Waals surface area contributed by atoms with Crippen LogP contribution in [0.2, 0.25) is 0 Å².